The largest absolute Gasteiger partial charge is 0.507 e. The van der Waals surface area contributed by atoms with Gasteiger partial charge in [0.2, 0.25) is 0 Å². The minimum absolute atomic E-state index is 0.0528. The van der Waals surface area contributed by atoms with E-state index in [0.29, 0.717) is 5.75 Å². The number of phenols is 1. The Morgan fingerprint density at radius 3 is 2.33 bits per heavy atom. The minimum atomic E-state index is -1.35. The van der Waals surface area contributed by atoms with Crippen LogP contribution in [0.2, 0.25) is 0 Å². The molecule has 0 aromatic heterocycles. The number of amides is 1. The summed E-state index contributed by atoms with van der Waals surface area (Å²) in [6.07, 6.45) is 0. The van der Waals surface area contributed by atoms with Crippen molar-refractivity contribution in [1.82, 2.24) is 0 Å². The monoisotopic (exact) mass is 494 g/mol. The number of nitro benzene ring substituents is 1. The van der Waals surface area contributed by atoms with Crippen LogP contribution in [0, 0.1) is 15.9 Å². The van der Waals surface area contributed by atoms with E-state index in [1.54, 1.807) is 0 Å². The Morgan fingerprint density at radius 1 is 1.03 bits per heavy atom. The van der Waals surface area contributed by atoms with E-state index in [0.717, 1.165) is 29.2 Å². The Kier molecular flexibility index (Phi) is 6.30. The van der Waals surface area contributed by atoms with Crippen molar-refractivity contribution in [3.63, 3.8) is 0 Å². The zero-order valence-electron chi connectivity index (χ0n) is 19.0. The molecule has 1 fully saturated rings. The Bertz CT molecular complexity index is 1420. The number of hydrogen-bond acceptors (Lipinski definition) is 8. The highest BCUT2D eigenvalue weighted by Gasteiger charge is 2.47. The average molecular weight is 494 g/mol. The summed E-state index contributed by atoms with van der Waals surface area (Å²) in [5, 5.41) is 32.6. The number of halogens is 1. The molecule has 1 saturated heterocycles. The fourth-order valence-electron chi connectivity index (χ4n) is 4.01. The molecule has 1 amide bonds. The number of carbonyl (C=O) groups excluding carboxylic acids is 2. The number of ketones is 1. The molecule has 11 heteroatoms. The molecule has 1 aliphatic heterocycles. The van der Waals surface area contributed by atoms with E-state index in [1.165, 1.54) is 50.6 Å². The maximum Gasteiger partial charge on any atom is 0.311 e. The number of anilines is 1. The average Bonchev–Trinajstić information content (AvgIpc) is 3.14. The van der Waals surface area contributed by atoms with Gasteiger partial charge in [0.25, 0.3) is 11.7 Å². The topological polar surface area (TPSA) is 139 Å². The summed E-state index contributed by atoms with van der Waals surface area (Å²) < 4.78 is 24.0. The SMILES string of the molecule is COc1ccc(/C(O)=C2/C(=O)C(=O)N(c3ccc(F)cc3)C2c2ccc(O)c([N+](=O)[O-])c2)c(OC)c1. The Balaban J connectivity index is 2.00. The summed E-state index contributed by atoms with van der Waals surface area (Å²) in [5.74, 6) is -3.39. The molecule has 4 rings (SSSR count). The van der Waals surface area contributed by atoms with E-state index in [1.807, 2.05) is 0 Å². The summed E-state index contributed by atoms with van der Waals surface area (Å²) in [6, 6.07) is 11.1. The number of rotatable bonds is 6. The molecular weight excluding hydrogens is 475 g/mol. The third-order valence-corrected chi connectivity index (χ3v) is 5.72. The predicted octanol–water partition coefficient (Wildman–Crippen LogP) is 4.08. The number of aromatic hydroxyl groups is 1. The van der Waals surface area contributed by atoms with Gasteiger partial charge < -0.3 is 19.7 Å². The molecule has 184 valence electrons. The second-order valence-corrected chi connectivity index (χ2v) is 7.72. The zero-order valence-corrected chi connectivity index (χ0v) is 19.0. The van der Waals surface area contributed by atoms with E-state index in [2.05, 4.69) is 0 Å². The Labute approximate surface area is 203 Å². The summed E-state index contributed by atoms with van der Waals surface area (Å²) in [7, 11) is 2.77. The van der Waals surface area contributed by atoms with E-state index in [9.17, 15) is 34.3 Å². The Morgan fingerprint density at radius 2 is 1.72 bits per heavy atom. The first-order valence-electron chi connectivity index (χ1n) is 10.4. The third kappa shape index (κ3) is 4.06. The predicted molar refractivity (Wildman–Crippen MR) is 125 cm³/mol. The number of phenolic OH excluding ortho intramolecular Hbond substituents is 1. The number of nitro groups is 1. The number of aliphatic hydroxyl groups excluding tert-OH is 1. The number of aliphatic hydroxyl groups is 1. The highest BCUT2D eigenvalue weighted by atomic mass is 19.1. The number of benzene rings is 3. The van der Waals surface area contributed by atoms with Crippen molar-refractivity contribution in [2.45, 2.75) is 6.04 Å². The van der Waals surface area contributed by atoms with Crippen molar-refractivity contribution in [3.8, 4) is 17.2 Å². The number of methoxy groups -OCH3 is 2. The van der Waals surface area contributed by atoms with Crippen molar-refractivity contribution in [2.75, 3.05) is 19.1 Å². The number of Topliss-reactive ketones (excluding diaryl/α,β-unsaturated/α-hetero) is 1. The molecule has 1 heterocycles. The van der Waals surface area contributed by atoms with Crippen LogP contribution in [0.5, 0.6) is 17.2 Å². The van der Waals surface area contributed by atoms with Crippen LogP contribution in [-0.2, 0) is 9.59 Å². The van der Waals surface area contributed by atoms with Gasteiger partial charge in [0, 0.05) is 17.8 Å². The summed E-state index contributed by atoms with van der Waals surface area (Å²) in [5.41, 5.74) is -0.822. The molecule has 0 radical (unpaired) electrons. The van der Waals surface area contributed by atoms with Gasteiger partial charge in [-0.25, -0.2) is 4.39 Å². The van der Waals surface area contributed by atoms with Crippen LogP contribution in [-0.4, -0.2) is 41.0 Å². The van der Waals surface area contributed by atoms with Gasteiger partial charge in [0.1, 0.15) is 23.1 Å². The fraction of sp³-hybridized carbons (Fsp3) is 0.120. The number of hydrogen-bond donors (Lipinski definition) is 2. The molecule has 1 unspecified atom stereocenters. The quantitative estimate of drug-likeness (QED) is 0.172. The minimum Gasteiger partial charge on any atom is -0.507 e. The number of ether oxygens (including phenoxy) is 2. The standard InChI is InChI=1S/C25H19FN2O8/c1-35-16-8-9-17(20(12-16)36-2)23(30)21-22(13-3-10-19(29)18(11-13)28(33)34)27(25(32)24(21)31)15-6-4-14(26)5-7-15/h3-12,22,29-30H,1-2H3/b23-21-. The lowest BCUT2D eigenvalue weighted by atomic mass is 9.94. The van der Waals surface area contributed by atoms with Crippen LogP contribution in [0.3, 0.4) is 0 Å². The maximum atomic E-state index is 13.6. The summed E-state index contributed by atoms with van der Waals surface area (Å²) in [6.45, 7) is 0. The highest BCUT2D eigenvalue weighted by molar-refractivity contribution is 6.51. The van der Waals surface area contributed by atoms with E-state index < -0.39 is 45.7 Å². The molecule has 0 spiro atoms. The van der Waals surface area contributed by atoms with Gasteiger partial charge in [0.15, 0.2) is 5.75 Å². The Hall–Kier alpha value is -4.93. The molecule has 2 N–H and O–H groups in total. The van der Waals surface area contributed by atoms with Crippen LogP contribution in [0.25, 0.3) is 5.76 Å². The lowest BCUT2D eigenvalue weighted by molar-refractivity contribution is -0.385. The molecule has 0 aliphatic carbocycles. The molecule has 3 aromatic carbocycles. The molecule has 1 aliphatic rings. The van der Waals surface area contributed by atoms with Gasteiger partial charge in [-0.2, -0.15) is 0 Å². The van der Waals surface area contributed by atoms with E-state index >= 15 is 0 Å². The molecule has 1 atom stereocenters. The van der Waals surface area contributed by atoms with Gasteiger partial charge in [-0.15, -0.1) is 0 Å². The van der Waals surface area contributed by atoms with Crippen LogP contribution in [0.4, 0.5) is 15.8 Å². The lowest BCUT2D eigenvalue weighted by Crippen LogP contribution is -2.29. The van der Waals surface area contributed by atoms with Gasteiger partial charge in [-0.05, 0) is 48.0 Å². The first-order valence-corrected chi connectivity index (χ1v) is 10.4. The van der Waals surface area contributed by atoms with Gasteiger partial charge in [0.05, 0.1) is 36.3 Å². The second kappa shape index (κ2) is 9.37. The van der Waals surface area contributed by atoms with Crippen molar-refractivity contribution >= 4 is 28.8 Å². The highest BCUT2D eigenvalue weighted by Crippen LogP contribution is 2.45. The van der Waals surface area contributed by atoms with Crippen LogP contribution < -0.4 is 14.4 Å². The van der Waals surface area contributed by atoms with Crippen LogP contribution in [0.15, 0.2) is 66.2 Å². The smallest absolute Gasteiger partial charge is 0.311 e. The first-order chi connectivity index (χ1) is 17.2. The summed E-state index contributed by atoms with van der Waals surface area (Å²) in [4.78, 5) is 38.0. The van der Waals surface area contributed by atoms with Crippen LogP contribution >= 0.6 is 0 Å². The van der Waals surface area contributed by atoms with Gasteiger partial charge in [-0.1, -0.05) is 6.07 Å². The number of nitrogens with zero attached hydrogens (tertiary/aromatic N) is 2. The van der Waals surface area contributed by atoms with Crippen molar-refractivity contribution in [1.29, 1.82) is 0 Å². The molecule has 10 nitrogen and oxygen atoms in total. The van der Waals surface area contributed by atoms with Gasteiger partial charge >= 0.3 is 5.69 Å². The zero-order chi connectivity index (χ0) is 26.1. The molecular formula is C25H19FN2O8. The molecule has 0 bridgehead atoms. The molecule has 36 heavy (non-hydrogen) atoms. The normalized spacial score (nSPS) is 16.8. The van der Waals surface area contributed by atoms with Crippen LogP contribution in [0.1, 0.15) is 17.2 Å². The molecule has 0 saturated carbocycles. The van der Waals surface area contributed by atoms with Crippen molar-refractivity contribution in [2.24, 2.45) is 0 Å². The second-order valence-electron chi connectivity index (χ2n) is 7.72. The van der Waals surface area contributed by atoms with Crippen molar-refractivity contribution in [3.05, 3.63) is 93.3 Å². The lowest BCUT2D eigenvalue weighted by Gasteiger charge is -2.25. The van der Waals surface area contributed by atoms with Gasteiger partial charge in [-0.3, -0.25) is 24.6 Å². The maximum absolute atomic E-state index is 13.6. The molecule has 3 aromatic rings. The third-order valence-electron chi connectivity index (χ3n) is 5.72. The van der Waals surface area contributed by atoms with E-state index in [-0.39, 0.29) is 28.1 Å². The van der Waals surface area contributed by atoms with E-state index in [4.69, 9.17) is 9.47 Å². The fourth-order valence-corrected chi connectivity index (χ4v) is 4.01. The number of carbonyl (C=O) groups is 2. The first kappa shape index (κ1) is 24.2. The van der Waals surface area contributed by atoms with Crippen molar-refractivity contribution < 1.29 is 38.6 Å². The summed E-state index contributed by atoms with van der Waals surface area (Å²) >= 11 is 0.